The molecule has 1 fully saturated rings. The number of carbonyl (C=O) groups excluding carboxylic acids is 1. The third-order valence-corrected chi connectivity index (χ3v) is 5.24. The van der Waals surface area contributed by atoms with Crippen LogP contribution in [0.15, 0.2) is 24.5 Å². The normalized spacial score (nSPS) is 16.4. The highest BCUT2D eigenvalue weighted by Gasteiger charge is 2.24. The number of piperidine rings is 1. The molecule has 0 aromatic carbocycles. The molecule has 1 aliphatic rings. The summed E-state index contributed by atoms with van der Waals surface area (Å²) in [6, 6.07) is 3.85. The lowest BCUT2D eigenvalue weighted by molar-refractivity contribution is -0.144. The summed E-state index contributed by atoms with van der Waals surface area (Å²) < 4.78 is 0. The minimum Gasteiger partial charge on any atom is -0.348 e. The van der Waals surface area contributed by atoms with Gasteiger partial charge in [-0.15, -0.1) is 11.3 Å². The molecular formula is C15H17ClN4O2S. The number of carbonyl (C=O) groups is 1. The first-order chi connectivity index (χ1) is 11.2. The van der Waals surface area contributed by atoms with E-state index in [1.165, 1.54) is 11.3 Å². The van der Waals surface area contributed by atoms with Crippen molar-refractivity contribution in [1.82, 2.24) is 20.3 Å². The number of hydroxylamine groups is 2. The second-order valence-corrected chi connectivity index (χ2v) is 6.60. The Morgan fingerprint density at radius 1 is 1.48 bits per heavy atom. The van der Waals surface area contributed by atoms with Crippen molar-refractivity contribution in [1.29, 1.82) is 0 Å². The number of nitrogens with zero attached hydrogens (tertiary/aromatic N) is 3. The Hall–Kier alpha value is -1.54. The first-order valence-electron chi connectivity index (χ1n) is 7.34. The largest absolute Gasteiger partial charge is 0.348 e. The molecule has 3 heterocycles. The van der Waals surface area contributed by atoms with Gasteiger partial charge in [0, 0.05) is 37.1 Å². The molecule has 0 bridgehead atoms. The van der Waals surface area contributed by atoms with Crippen LogP contribution in [0, 0.1) is 0 Å². The minimum atomic E-state index is -0.168. The van der Waals surface area contributed by atoms with Crippen LogP contribution in [0.4, 0.5) is 0 Å². The second-order valence-electron chi connectivity index (χ2n) is 5.24. The lowest BCUT2D eigenvalue weighted by Gasteiger charge is -2.30. The fourth-order valence-corrected chi connectivity index (χ4v) is 3.67. The Bertz CT molecular complexity index is 671. The molecule has 0 atom stereocenters. The summed E-state index contributed by atoms with van der Waals surface area (Å²) in [4.78, 5) is 26.4. The highest BCUT2D eigenvalue weighted by atomic mass is 35.5. The Morgan fingerprint density at radius 2 is 2.26 bits per heavy atom. The van der Waals surface area contributed by atoms with E-state index in [0.29, 0.717) is 9.88 Å². The first kappa shape index (κ1) is 16.3. The van der Waals surface area contributed by atoms with Crippen LogP contribution in [0.1, 0.15) is 22.5 Å². The summed E-state index contributed by atoms with van der Waals surface area (Å²) in [7, 11) is 1.66. The number of hydrogen-bond donors (Lipinski definition) is 1. The fraction of sp³-hybridized carbons (Fsp3) is 0.400. The van der Waals surface area contributed by atoms with Gasteiger partial charge in [0.15, 0.2) is 5.15 Å². The topological polar surface area (TPSA) is 67.3 Å². The lowest BCUT2D eigenvalue weighted by Crippen LogP contribution is -2.44. The molecule has 23 heavy (non-hydrogen) atoms. The monoisotopic (exact) mass is 352 g/mol. The van der Waals surface area contributed by atoms with Crippen molar-refractivity contribution >= 4 is 28.8 Å². The molecule has 0 radical (unpaired) electrons. The SMILES string of the molecule is CON1CCC(NC(=O)c2sc(-c3cccnc3)nc2Cl)CC1. The molecule has 2 aromatic rings. The van der Waals surface area contributed by atoms with Crippen LogP contribution in [0.2, 0.25) is 5.15 Å². The van der Waals surface area contributed by atoms with Crippen LogP contribution in [0.25, 0.3) is 10.6 Å². The van der Waals surface area contributed by atoms with Crippen LogP contribution < -0.4 is 5.32 Å². The van der Waals surface area contributed by atoms with Gasteiger partial charge in [0.25, 0.3) is 5.91 Å². The van der Waals surface area contributed by atoms with Crippen molar-refractivity contribution < 1.29 is 9.63 Å². The van der Waals surface area contributed by atoms with E-state index in [0.717, 1.165) is 31.5 Å². The first-order valence-corrected chi connectivity index (χ1v) is 8.53. The molecule has 1 N–H and O–H groups in total. The zero-order valence-corrected chi connectivity index (χ0v) is 14.2. The molecule has 1 amide bonds. The molecule has 1 aliphatic heterocycles. The van der Waals surface area contributed by atoms with Gasteiger partial charge in [0.1, 0.15) is 9.88 Å². The Kier molecular flexibility index (Phi) is 5.22. The summed E-state index contributed by atoms with van der Waals surface area (Å²) in [5, 5.41) is 5.86. The number of aromatic nitrogens is 2. The van der Waals surface area contributed by atoms with E-state index in [9.17, 15) is 4.79 Å². The van der Waals surface area contributed by atoms with Gasteiger partial charge >= 0.3 is 0 Å². The van der Waals surface area contributed by atoms with Gasteiger partial charge in [-0.3, -0.25) is 9.78 Å². The number of amides is 1. The quantitative estimate of drug-likeness (QED) is 0.916. The van der Waals surface area contributed by atoms with Crippen LogP contribution in [-0.4, -0.2) is 47.2 Å². The standard InChI is InChI=1S/C15H17ClN4O2S/c1-22-20-7-4-11(5-8-20)18-14(21)12-13(16)19-15(23-12)10-3-2-6-17-9-10/h2-3,6,9,11H,4-5,7-8H2,1H3,(H,18,21). The van der Waals surface area contributed by atoms with Crippen molar-refractivity contribution in [2.45, 2.75) is 18.9 Å². The van der Waals surface area contributed by atoms with Gasteiger partial charge in [-0.25, -0.2) is 4.98 Å². The average Bonchev–Trinajstić information content (AvgIpc) is 2.98. The van der Waals surface area contributed by atoms with Gasteiger partial charge in [-0.2, -0.15) is 5.06 Å². The molecule has 0 saturated carbocycles. The molecule has 6 nitrogen and oxygen atoms in total. The van der Waals surface area contributed by atoms with Gasteiger partial charge in [-0.1, -0.05) is 11.6 Å². The van der Waals surface area contributed by atoms with Gasteiger partial charge in [-0.05, 0) is 25.0 Å². The van der Waals surface area contributed by atoms with Crippen molar-refractivity contribution in [2.24, 2.45) is 0 Å². The highest BCUT2D eigenvalue weighted by Crippen LogP contribution is 2.30. The van der Waals surface area contributed by atoms with Crippen LogP contribution >= 0.6 is 22.9 Å². The third-order valence-electron chi connectivity index (χ3n) is 3.75. The van der Waals surface area contributed by atoms with Gasteiger partial charge < -0.3 is 10.2 Å². The van der Waals surface area contributed by atoms with Crippen LogP contribution in [0.5, 0.6) is 0 Å². The predicted octanol–water partition coefficient (Wildman–Crippen LogP) is 2.61. The molecule has 0 spiro atoms. The zero-order valence-electron chi connectivity index (χ0n) is 12.7. The van der Waals surface area contributed by atoms with Crippen molar-refractivity contribution in [3.05, 3.63) is 34.6 Å². The van der Waals surface area contributed by atoms with E-state index in [-0.39, 0.29) is 17.1 Å². The van der Waals surface area contributed by atoms with Gasteiger partial charge in [0.05, 0.1) is 7.11 Å². The fourth-order valence-electron chi connectivity index (χ4n) is 2.49. The maximum Gasteiger partial charge on any atom is 0.264 e. The summed E-state index contributed by atoms with van der Waals surface area (Å²) in [5.41, 5.74) is 0.854. The van der Waals surface area contributed by atoms with Crippen molar-refractivity contribution in [3.63, 3.8) is 0 Å². The predicted molar refractivity (Wildman–Crippen MR) is 89.4 cm³/mol. The Balaban J connectivity index is 1.67. The molecule has 0 unspecified atom stereocenters. The second kappa shape index (κ2) is 7.35. The average molecular weight is 353 g/mol. The molecule has 3 rings (SSSR count). The lowest BCUT2D eigenvalue weighted by atomic mass is 10.1. The molecular weight excluding hydrogens is 336 g/mol. The number of rotatable bonds is 4. The summed E-state index contributed by atoms with van der Waals surface area (Å²) in [6.45, 7) is 1.61. The Morgan fingerprint density at radius 3 is 2.91 bits per heavy atom. The molecule has 8 heteroatoms. The number of halogens is 1. The maximum absolute atomic E-state index is 12.4. The Labute approximate surface area is 143 Å². The number of pyridine rings is 1. The van der Waals surface area contributed by atoms with E-state index in [4.69, 9.17) is 16.4 Å². The number of nitrogens with one attached hydrogen (secondary N) is 1. The smallest absolute Gasteiger partial charge is 0.264 e. The summed E-state index contributed by atoms with van der Waals surface area (Å²) >= 11 is 7.43. The molecule has 122 valence electrons. The maximum atomic E-state index is 12.4. The number of thiazole rings is 1. The van der Waals surface area contributed by atoms with Crippen molar-refractivity contribution in [3.8, 4) is 10.6 Å². The minimum absolute atomic E-state index is 0.133. The van der Waals surface area contributed by atoms with E-state index >= 15 is 0 Å². The van der Waals surface area contributed by atoms with Crippen LogP contribution in [0.3, 0.4) is 0 Å². The summed E-state index contributed by atoms with van der Waals surface area (Å²) in [5.74, 6) is -0.168. The molecule has 0 aliphatic carbocycles. The third kappa shape index (κ3) is 3.87. The van der Waals surface area contributed by atoms with E-state index < -0.39 is 0 Å². The van der Waals surface area contributed by atoms with E-state index in [1.54, 1.807) is 19.5 Å². The highest BCUT2D eigenvalue weighted by molar-refractivity contribution is 7.17. The zero-order chi connectivity index (χ0) is 16.2. The van der Waals surface area contributed by atoms with Crippen molar-refractivity contribution in [2.75, 3.05) is 20.2 Å². The summed E-state index contributed by atoms with van der Waals surface area (Å²) in [6.07, 6.45) is 5.10. The van der Waals surface area contributed by atoms with E-state index in [2.05, 4.69) is 15.3 Å². The molecule has 1 saturated heterocycles. The van der Waals surface area contributed by atoms with Crippen LogP contribution in [-0.2, 0) is 4.84 Å². The molecule has 2 aromatic heterocycles. The van der Waals surface area contributed by atoms with E-state index in [1.807, 2.05) is 17.2 Å². The van der Waals surface area contributed by atoms with Gasteiger partial charge in [0.2, 0.25) is 0 Å². The number of hydrogen-bond acceptors (Lipinski definition) is 6.